The van der Waals surface area contributed by atoms with Crippen molar-refractivity contribution in [1.29, 1.82) is 0 Å². The first-order chi connectivity index (χ1) is 8.11. The molecule has 2 aromatic rings. The van der Waals surface area contributed by atoms with Crippen molar-refractivity contribution in [2.45, 2.75) is 6.92 Å². The lowest BCUT2D eigenvalue weighted by molar-refractivity contribution is 0.415. The molecule has 0 amide bonds. The van der Waals surface area contributed by atoms with E-state index in [9.17, 15) is 0 Å². The molecule has 17 heavy (non-hydrogen) atoms. The molecule has 0 aliphatic rings. The summed E-state index contributed by atoms with van der Waals surface area (Å²) < 4.78 is 7.41. The predicted molar refractivity (Wildman–Crippen MR) is 78.6 cm³/mol. The molecule has 0 radical (unpaired) electrons. The molecule has 0 spiro atoms. The summed E-state index contributed by atoms with van der Waals surface area (Å²) in [5, 5.41) is 0. The number of halogens is 2. The molecule has 0 fully saturated rings. The molecule has 0 aromatic heterocycles. The number of hydrogen-bond acceptors (Lipinski definition) is 1. The van der Waals surface area contributed by atoms with Crippen molar-refractivity contribution in [2.24, 2.45) is 0 Å². The van der Waals surface area contributed by atoms with Crippen LogP contribution in [0.2, 0.25) is 0 Å². The van der Waals surface area contributed by atoms with E-state index in [1.165, 1.54) is 5.56 Å². The van der Waals surface area contributed by atoms with E-state index >= 15 is 0 Å². The van der Waals surface area contributed by atoms with Gasteiger partial charge in [-0.1, -0.05) is 49.6 Å². The fourth-order valence-electron chi connectivity index (χ4n) is 1.68. The highest BCUT2D eigenvalue weighted by atomic mass is 79.9. The fourth-order valence-corrected chi connectivity index (χ4v) is 2.60. The number of methoxy groups -OCH3 is 1. The summed E-state index contributed by atoms with van der Waals surface area (Å²) in [7, 11) is 1.68. The van der Waals surface area contributed by atoms with Crippen LogP contribution in [0.3, 0.4) is 0 Å². The van der Waals surface area contributed by atoms with E-state index in [1.54, 1.807) is 7.11 Å². The van der Waals surface area contributed by atoms with Gasteiger partial charge in [-0.15, -0.1) is 0 Å². The van der Waals surface area contributed by atoms with Crippen LogP contribution in [0.25, 0.3) is 11.1 Å². The van der Waals surface area contributed by atoms with Gasteiger partial charge in [0.15, 0.2) is 0 Å². The molecule has 0 bridgehead atoms. The number of benzene rings is 2. The standard InChI is InChI=1S/C14H12Br2O/c1-9-3-5-13(15)11(7-9)12-8-10(17-2)4-6-14(12)16/h3-8H,1-2H3. The minimum atomic E-state index is 0.858. The monoisotopic (exact) mass is 354 g/mol. The summed E-state index contributed by atoms with van der Waals surface area (Å²) in [6, 6.07) is 12.3. The van der Waals surface area contributed by atoms with E-state index in [1.807, 2.05) is 18.2 Å². The second-order valence-electron chi connectivity index (χ2n) is 3.83. The first-order valence-electron chi connectivity index (χ1n) is 5.22. The summed E-state index contributed by atoms with van der Waals surface area (Å²) in [5.74, 6) is 0.858. The molecule has 88 valence electrons. The minimum absolute atomic E-state index is 0.858. The van der Waals surface area contributed by atoms with Crippen LogP contribution >= 0.6 is 31.9 Å². The molecule has 0 atom stereocenters. The molecular formula is C14H12Br2O. The Kier molecular flexibility index (Phi) is 3.89. The fraction of sp³-hybridized carbons (Fsp3) is 0.143. The highest BCUT2D eigenvalue weighted by molar-refractivity contribution is 9.11. The minimum Gasteiger partial charge on any atom is -0.497 e. The lowest BCUT2D eigenvalue weighted by Crippen LogP contribution is -1.87. The van der Waals surface area contributed by atoms with E-state index in [0.717, 1.165) is 25.8 Å². The van der Waals surface area contributed by atoms with Crippen molar-refractivity contribution in [2.75, 3.05) is 7.11 Å². The topological polar surface area (TPSA) is 9.23 Å². The largest absolute Gasteiger partial charge is 0.497 e. The van der Waals surface area contributed by atoms with Gasteiger partial charge in [-0.25, -0.2) is 0 Å². The highest BCUT2D eigenvalue weighted by Crippen LogP contribution is 2.36. The maximum absolute atomic E-state index is 5.27. The van der Waals surface area contributed by atoms with E-state index in [-0.39, 0.29) is 0 Å². The van der Waals surface area contributed by atoms with Gasteiger partial charge in [-0.3, -0.25) is 0 Å². The van der Waals surface area contributed by atoms with Crippen LogP contribution in [-0.4, -0.2) is 7.11 Å². The van der Waals surface area contributed by atoms with Gasteiger partial charge in [0, 0.05) is 14.5 Å². The van der Waals surface area contributed by atoms with Crippen LogP contribution in [0.1, 0.15) is 5.56 Å². The predicted octanol–water partition coefficient (Wildman–Crippen LogP) is 5.20. The molecule has 0 unspecified atom stereocenters. The van der Waals surface area contributed by atoms with Crippen molar-refractivity contribution >= 4 is 31.9 Å². The van der Waals surface area contributed by atoms with Crippen molar-refractivity contribution in [1.82, 2.24) is 0 Å². The zero-order chi connectivity index (χ0) is 12.4. The van der Waals surface area contributed by atoms with Gasteiger partial charge in [0.05, 0.1) is 7.11 Å². The average Bonchev–Trinajstić information content (AvgIpc) is 2.33. The maximum atomic E-state index is 5.27. The van der Waals surface area contributed by atoms with E-state index in [0.29, 0.717) is 0 Å². The summed E-state index contributed by atoms with van der Waals surface area (Å²) in [6.45, 7) is 2.09. The Hall–Kier alpha value is -0.800. The lowest BCUT2D eigenvalue weighted by atomic mass is 10.0. The Morgan fingerprint density at radius 1 is 0.882 bits per heavy atom. The van der Waals surface area contributed by atoms with Gasteiger partial charge in [0.2, 0.25) is 0 Å². The van der Waals surface area contributed by atoms with Crippen LogP contribution in [0.4, 0.5) is 0 Å². The summed E-state index contributed by atoms with van der Waals surface area (Å²) in [5.41, 5.74) is 3.52. The molecule has 2 aromatic carbocycles. The second kappa shape index (κ2) is 5.23. The smallest absolute Gasteiger partial charge is 0.119 e. The number of hydrogen-bond donors (Lipinski definition) is 0. The Morgan fingerprint density at radius 3 is 2.12 bits per heavy atom. The molecule has 0 N–H and O–H groups in total. The van der Waals surface area contributed by atoms with Crippen molar-refractivity contribution in [3.05, 3.63) is 50.9 Å². The molecule has 0 aliphatic heterocycles. The Morgan fingerprint density at radius 2 is 1.47 bits per heavy atom. The van der Waals surface area contributed by atoms with Crippen LogP contribution in [0.5, 0.6) is 5.75 Å². The number of ether oxygens (including phenoxy) is 1. The summed E-state index contributed by atoms with van der Waals surface area (Å²) in [4.78, 5) is 0. The number of aryl methyl sites for hydroxylation is 1. The molecule has 0 heterocycles. The van der Waals surface area contributed by atoms with E-state index < -0.39 is 0 Å². The molecule has 0 saturated carbocycles. The number of rotatable bonds is 2. The zero-order valence-electron chi connectivity index (χ0n) is 9.63. The quantitative estimate of drug-likeness (QED) is 0.719. The van der Waals surface area contributed by atoms with E-state index in [2.05, 4.69) is 57.0 Å². The first kappa shape index (κ1) is 12.7. The third kappa shape index (κ3) is 2.72. The average molecular weight is 356 g/mol. The van der Waals surface area contributed by atoms with Crippen molar-refractivity contribution in [3.63, 3.8) is 0 Å². The Bertz CT molecular complexity index is 550. The van der Waals surface area contributed by atoms with Gasteiger partial charge >= 0.3 is 0 Å². The van der Waals surface area contributed by atoms with Crippen molar-refractivity contribution < 1.29 is 4.74 Å². The molecular weight excluding hydrogens is 344 g/mol. The van der Waals surface area contributed by atoms with Crippen LogP contribution in [0.15, 0.2) is 45.3 Å². The SMILES string of the molecule is COc1ccc(Br)c(-c2cc(C)ccc2Br)c1. The third-order valence-corrected chi connectivity index (χ3v) is 3.97. The first-order valence-corrected chi connectivity index (χ1v) is 6.80. The molecule has 2 rings (SSSR count). The van der Waals surface area contributed by atoms with Gasteiger partial charge in [0.1, 0.15) is 5.75 Å². The Labute approximate surface area is 118 Å². The third-order valence-electron chi connectivity index (χ3n) is 2.59. The normalized spacial score (nSPS) is 10.4. The maximum Gasteiger partial charge on any atom is 0.119 e. The second-order valence-corrected chi connectivity index (χ2v) is 5.54. The van der Waals surface area contributed by atoms with Gasteiger partial charge in [0.25, 0.3) is 0 Å². The van der Waals surface area contributed by atoms with Gasteiger partial charge < -0.3 is 4.74 Å². The molecule has 0 saturated heterocycles. The van der Waals surface area contributed by atoms with Gasteiger partial charge in [-0.05, 0) is 36.8 Å². The zero-order valence-corrected chi connectivity index (χ0v) is 12.8. The van der Waals surface area contributed by atoms with Crippen LogP contribution in [-0.2, 0) is 0 Å². The van der Waals surface area contributed by atoms with Crippen LogP contribution in [0, 0.1) is 6.92 Å². The summed E-state index contributed by atoms with van der Waals surface area (Å²) >= 11 is 7.16. The van der Waals surface area contributed by atoms with Crippen LogP contribution < -0.4 is 4.74 Å². The molecule has 3 heteroatoms. The molecule has 1 nitrogen and oxygen atoms in total. The van der Waals surface area contributed by atoms with E-state index in [4.69, 9.17) is 4.74 Å². The van der Waals surface area contributed by atoms with Crippen molar-refractivity contribution in [3.8, 4) is 16.9 Å². The van der Waals surface area contributed by atoms with Gasteiger partial charge in [-0.2, -0.15) is 0 Å². The highest BCUT2D eigenvalue weighted by Gasteiger charge is 2.08. The molecule has 0 aliphatic carbocycles. The Balaban J connectivity index is 2.62. The lowest BCUT2D eigenvalue weighted by Gasteiger charge is -2.10. The summed E-state index contributed by atoms with van der Waals surface area (Å²) in [6.07, 6.45) is 0.